The highest BCUT2D eigenvalue weighted by Crippen LogP contribution is 2.33. The Bertz CT molecular complexity index is 1140. The smallest absolute Gasteiger partial charge is 0.198 e. The Hall–Kier alpha value is -3.46. The zero-order valence-corrected chi connectivity index (χ0v) is 18.5. The molecule has 162 valence electrons. The van der Waals surface area contributed by atoms with E-state index in [-0.39, 0.29) is 11.6 Å². The van der Waals surface area contributed by atoms with E-state index in [0.717, 1.165) is 18.4 Å². The van der Waals surface area contributed by atoms with E-state index in [4.69, 9.17) is 4.74 Å². The van der Waals surface area contributed by atoms with Crippen molar-refractivity contribution in [2.24, 2.45) is 0 Å². The van der Waals surface area contributed by atoms with E-state index in [1.807, 2.05) is 18.2 Å². The molecule has 0 heterocycles. The third-order valence-corrected chi connectivity index (χ3v) is 5.85. The van der Waals surface area contributed by atoms with Crippen LogP contribution >= 0.6 is 0 Å². The van der Waals surface area contributed by atoms with Gasteiger partial charge in [0.25, 0.3) is 0 Å². The highest BCUT2D eigenvalue weighted by molar-refractivity contribution is 6.29. The number of hydrogen-bond acceptors (Lipinski definition) is 3. The second-order valence-electron chi connectivity index (χ2n) is 8.20. The van der Waals surface area contributed by atoms with Crippen molar-refractivity contribution in [3.63, 3.8) is 0 Å². The fourth-order valence-electron chi connectivity index (χ4n) is 4.15. The van der Waals surface area contributed by atoms with Crippen LogP contribution in [0.3, 0.4) is 0 Å². The summed E-state index contributed by atoms with van der Waals surface area (Å²) in [6.45, 7) is 2.60. The number of carbonyl (C=O) groups is 2. The first-order chi connectivity index (χ1) is 15.7. The quantitative estimate of drug-likeness (QED) is 0.275. The Morgan fingerprint density at radius 2 is 1.44 bits per heavy atom. The van der Waals surface area contributed by atoms with Gasteiger partial charge in [-0.2, -0.15) is 0 Å². The summed E-state index contributed by atoms with van der Waals surface area (Å²) in [6, 6.07) is 22.5. The van der Waals surface area contributed by atoms with Crippen molar-refractivity contribution in [1.29, 1.82) is 0 Å². The molecule has 0 N–H and O–H groups in total. The van der Waals surface area contributed by atoms with Gasteiger partial charge in [0.05, 0.1) is 5.56 Å². The summed E-state index contributed by atoms with van der Waals surface area (Å²) in [6.07, 6.45) is 7.83. The predicted molar refractivity (Wildman–Crippen MR) is 128 cm³/mol. The minimum atomic E-state index is -0.151. The molecule has 32 heavy (non-hydrogen) atoms. The van der Waals surface area contributed by atoms with Gasteiger partial charge in [-0.15, -0.1) is 0 Å². The molecule has 0 atom stereocenters. The van der Waals surface area contributed by atoms with Crippen LogP contribution in [0.2, 0.25) is 0 Å². The zero-order chi connectivity index (χ0) is 22.3. The molecule has 0 radical (unpaired) electrons. The van der Waals surface area contributed by atoms with Gasteiger partial charge in [0.2, 0.25) is 0 Å². The van der Waals surface area contributed by atoms with Crippen molar-refractivity contribution in [3.05, 3.63) is 106 Å². The lowest BCUT2D eigenvalue weighted by molar-refractivity contribution is 0.0976. The maximum absolute atomic E-state index is 13.2. The number of benzene rings is 3. The summed E-state index contributed by atoms with van der Waals surface area (Å²) < 4.78 is 6.19. The molecule has 1 aliphatic carbocycles. The second-order valence-corrected chi connectivity index (χ2v) is 8.20. The molecule has 0 spiro atoms. The lowest BCUT2D eigenvalue weighted by Gasteiger charge is -2.20. The van der Waals surface area contributed by atoms with E-state index in [2.05, 4.69) is 25.1 Å². The third kappa shape index (κ3) is 4.72. The Kier molecular flexibility index (Phi) is 6.96. The number of hydrogen-bond donors (Lipinski definition) is 0. The predicted octanol–water partition coefficient (Wildman–Crippen LogP) is 6.89. The van der Waals surface area contributed by atoms with E-state index >= 15 is 0 Å². The van der Waals surface area contributed by atoms with Crippen LogP contribution in [0.5, 0.6) is 5.75 Å². The van der Waals surface area contributed by atoms with Crippen molar-refractivity contribution < 1.29 is 14.3 Å². The number of rotatable bonds is 9. The van der Waals surface area contributed by atoms with Gasteiger partial charge in [0.15, 0.2) is 11.6 Å². The molecular weight excluding hydrogens is 396 g/mol. The first-order valence-corrected chi connectivity index (χ1v) is 11.4. The fourth-order valence-corrected chi connectivity index (χ4v) is 4.15. The highest BCUT2D eigenvalue weighted by atomic mass is 16.5. The topological polar surface area (TPSA) is 43.4 Å². The summed E-state index contributed by atoms with van der Waals surface area (Å²) in [5, 5.41) is 0. The van der Waals surface area contributed by atoms with E-state index in [1.165, 1.54) is 24.8 Å². The summed E-state index contributed by atoms with van der Waals surface area (Å²) in [7, 11) is 0. The molecular formula is C29H28O3. The number of fused-ring (bicyclic) bond motifs is 2. The maximum atomic E-state index is 13.2. The summed E-state index contributed by atoms with van der Waals surface area (Å²) in [5.41, 5.74) is 4.02. The van der Waals surface area contributed by atoms with Crippen molar-refractivity contribution in [3.8, 4) is 5.75 Å². The maximum Gasteiger partial charge on any atom is 0.198 e. The van der Waals surface area contributed by atoms with Crippen molar-refractivity contribution in [1.82, 2.24) is 0 Å². The molecule has 3 aromatic carbocycles. The number of ether oxygens (including phenoxy) is 1. The largest absolute Gasteiger partial charge is 0.488 e. The minimum Gasteiger partial charge on any atom is -0.488 e. The van der Waals surface area contributed by atoms with Crippen LogP contribution in [0.4, 0.5) is 0 Å². The number of unbranched alkanes of at least 4 members (excludes halogenated alkanes) is 3. The SMILES string of the molecule is CCCCCC/C(=C\c1ccccc1)COc1cccc2c1C(=O)c1ccccc1C2=O. The van der Waals surface area contributed by atoms with Crippen LogP contribution in [0.25, 0.3) is 6.08 Å². The fraction of sp³-hybridized carbons (Fsp3) is 0.241. The van der Waals surface area contributed by atoms with Crippen LogP contribution in [-0.2, 0) is 0 Å². The highest BCUT2D eigenvalue weighted by Gasteiger charge is 2.31. The van der Waals surface area contributed by atoms with Gasteiger partial charge in [-0.3, -0.25) is 9.59 Å². The van der Waals surface area contributed by atoms with E-state index in [9.17, 15) is 9.59 Å². The van der Waals surface area contributed by atoms with Gasteiger partial charge in [-0.25, -0.2) is 0 Å². The molecule has 0 bridgehead atoms. The normalized spacial score (nSPS) is 13.0. The Labute approximate surface area is 189 Å². The molecule has 3 aromatic rings. The van der Waals surface area contributed by atoms with Crippen molar-refractivity contribution in [2.45, 2.75) is 39.0 Å². The van der Waals surface area contributed by atoms with Crippen LogP contribution in [0, 0.1) is 0 Å². The van der Waals surface area contributed by atoms with Crippen molar-refractivity contribution >= 4 is 17.6 Å². The lowest BCUT2D eigenvalue weighted by Crippen LogP contribution is -2.22. The van der Waals surface area contributed by atoms with Gasteiger partial charge in [-0.05, 0) is 30.0 Å². The van der Waals surface area contributed by atoms with Crippen LogP contribution in [-0.4, -0.2) is 18.2 Å². The Morgan fingerprint density at radius 3 is 2.19 bits per heavy atom. The van der Waals surface area contributed by atoms with Gasteiger partial charge in [0, 0.05) is 16.7 Å². The first kappa shape index (κ1) is 21.8. The minimum absolute atomic E-state index is 0.125. The standard InChI is InChI=1S/C29H28O3/c1-2-3-4-6-14-22(19-21-12-7-5-8-13-21)20-32-26-18-11-17-25-27(26)29(31)24-16-10-9-15-23(24)28(25)30/h5,7-13,15-19H,2-4,6,14,20H2,1H3/b22-19+. The Balaban J connectivity index is 1.58. The molecule has 0 unspecified atom stereocenters. The Morgan fingerprint density at radius 1 is 0.750 bits per heavy atom. The molecule has 0 fully saturated rings. The summed E-state index contributed by atoms with van der Waals surface area (Å²) >= 11 is 0. The van der Waals surface area contributed by atoms with Crippen LogP contribution in [0.1, 0.15) is 76.4 Å². The van der Waals surface area contributed by atoms with Gasteiger partial charge < -0.3 is 4.74 Å². The monoisotopic (exact) mass is 424 g/mol. The number of carbonyl (C=O) groups excluding carboxylic acids is 2. The van der Waals surface area contributed by atoms with Gasteiger partial charge >= 0.3 is 0 Å². The second kappa shape index (κ2) is 10.2. The zero-order valence-electron chi connectivity index (χ0n) is 18.5. The van der Waals surface area contributed by atoms with E-state index in [1.54, 1.807) is 42.5 Å². The molecule has 0 saturated carbocycles. The molecule has 0 aliphatic heterocycles. The molecule has 1 aliphatic rings. The molecule has 0 amide bonds. The molecule has 3 heteroatoms. The van der Waals surface area contributed by atoms with Crippen LogP contribution < -0.4 is 4.74 Å². The van der Waals surface area contributed by atoms with Gasteiger partial charge in [0.1, 0.15) is 12.4 Å². The molecule has 4 rings (SSSR count). The molecule has 0 saturated heterocycles. The summed E-state index contributed by atoms with van der Waals surface area (Å²) in [5.74, 6) is 0.200. The molecule has 3 nitrogen and oxygen atoms in total. The van der Waals surface area contributed by atoms with Gasteiger partial charge in [-0.1, -0.05) is 99.0 Å². The summed E-state index contributed by atoms with van der Waals surface area (Å²) in [4.78, 5) is 26.2. The first-order valence-electron chi connectivity index (χ1n) is 11.4. The lowest BCUT2D eigenvalue weighted by atomic mass is 9.83. The van der Waals surface area contributed by atoms with E-state index in [0.29, 0.717) is 34.6 Å². The van der Waals surface area contributed by atoms with E-state index < -0.39 is 0 Å². The average Bonchev–Trinajstić information content (AvgIpc) is 2.84. The number of ketones is 2. The van der Waals surface area contributed by atoms with Crippen molar-refractivity contribution in [2.75, 3.05) is 6.61 Å². The van der Waals surface area contributed by atoms with Crippen LogP contribution in [0.15, 0.2) is 78.4 Å². The average molecular weight is 425 g/mol. The molecule has 0 aromatic heterocycles. The third-order valence-electron chi connectivity index (χ3n) is 5.85.